The summed E-state index contributed by atoms with van der Waals surface area (Å²) in [4.78, 5) is 45.7. The Bertz CT molecular complexity index is 1460. The second kappa shape index (κ2) is 15.0. The summed E-state index contributed by atoms with van der Waals surface area (Å²) in [7, 11) is 1.59. The first-order chi connectivity index (χ1) is 20.0. The number of H-pyrrole nitrogens is 1. The normalized spacial score (nSPS) is 11.8. The molecule has 13 heteroatoms. The summed E-state index contributed by atoms with van der Waals surface area (Å²) in [6.07, 6.45) is -3.82. The highest BCUT2D eigenvalue weighted by molar-refractivity contribution is 5.96. The van der Waals surface area contributed by atoms with Crippen LogP contribution in [0.3, 0.4) is 0 Å². The number of nitrogens with one attached hydrogen (secondary N) is 1. The predicted molar refractivity (Wildman–Crippen MR) is 157 cm³/mol. The van der Waals surface area contributed by atoms with Gasteiger partial charge in [0.05, 0.1) is 18.3 Å². The van der Waals surface area contributed by atoms with E-state index in [-0.39, 0.29) is 35.4 Å². The second-order valence-electron chi connectivity index (χ2n) is 10.7. The molecule has 0 aliphatic heterocycles. The van der Waals surface area contributed by atoms with Gasteiger partial charge in [0, 0.05) is 43.9 Å². The van der Waals surface area contributed by atoms with E-state index in [0.717, 1.165) is 17.7 Å². The fourth-order valence-corrected chi connectivity index (χ4v) is 4.70. The number of aromatic amines is 1. The van der Waals surface area contributed by atoms with Gasteiger partial charge in [-0.1, -0.05) is 6.07 Å². The van der Waals surface area contributed by atoms with Gasteiger partial charge in [0.1, 0.15) is 11.3 Å². The lowest BCUT2D eigenvalue weighted by Crippen LogP contribution is -2.46. The van der Waals surface area contributed by atoms with Crippen LogP contribution in [0.5, 0.6) is 5.75 Å². The van der Waals surface area contributed by atoms with Gasteiger partial charge in [0.15, 0.2) is 0 Å². The number of hydrogen-bond donors (Lipinski definition) is 3. The van der Waals surface area contributed by atoms with E-state index in [1.807, 2.05) is 30.9 Å². The number of hydrogen-bond acceptors (Lipinski definition) is 7. The van der Waals surface area contributed by atoms with E-state index in [1.54, 1.807) is 25.3 Å². The highest BCUT2D eigenvalue weighted by Crippen LogP contribution is 2.32. The second-order valence-corrected chi connectivity index (χ2v) is 10.7. The number of carbonyl (C=O) groups is 2. The molecule has 0 saturated carbocycles. The molecule has 1 amide bonds. The first-order valence-electron chi connectivity index (χ1n) is 13.7. The van der Waals surface area contributed by atoms with Crippen molar-refractivity contribution in [1.29, 1.82) is 0 Å². The van der Waals surface area contributed by atoms with Gasteiger partial charge in [-0.05, 0) is 82.5 Å². The number of aromatic hydroxyl groups is 1. The molecule has 0 saturated heterocycles. The van der Waals surface area contributed by atoms with Crippen LogP contribution in [-0.2, 0) is 16.1 Å². The summed E-state index contributed by atoms with van der Waals surface area (Å²) < 4.78 is 37.2. The van der Waals surface area contributed by atoms with E-state index in [2.05, 4.69) is 42.6 Å². The Morgan fingerprint density at radius 1 is 1.00 bits per heavy atom. The summed E-state index contributed by atoms with van der Waals surface area (Å²) in [6, 6.07) is 9.59. The zero-order valence-corrected chi connectivity index (χ0v) is 25.3. The Morgan fingerprint density at radius 2 is 1.60 bits per heavy atom. The van der Waals surface area contributed by atoms with Gasteiger partial charge in [-0.3, -0.25) is 14.5 Å². The maximum Gasteiger partial charge on any atom is 0.490 e. The molecule has 3 rings (SSSR count). The summed E-state index contributed by atoms with van der Waals surface area (Å²) in [5.74, 6) is -2.88. The minimum absolute atomic E-state index is 0.0385. The largest absolute Gasteiger partial charge is 0.506 e. The number of methoxy groups -OCH3 is 1. The molecular weight excluding hydrogens is 569 g/mol. The lowest BCUT2D eigenvalue weighted by Gasteiger charge is -2.34. The molecule has 0 radical (unpaired) electrons. The minimum Gasteiger partial charge on any atom is -0.506 e. The van der Waals surface area contributed by atoms with Crippen LogP contribution in [0.1, 0.15) is 57.5 Å². The third kappa shape index (κ3) is 9.26. The van der Waals surface area contributed by atoms with Crippen LogP contribution in [-0.4, -0.2) is 86.4 Å². The molecule has 0 aliphatic carbocycles. The number of fused-ring (bicyclic) bond motifs is 1. The number of nitrogens with zero attached hydrogens (tertiary/aromatic N) is 3. The zero-order valence-electron chi connectivity index (χ0n) is 25.3. The topological polar surface area (TPSA) is 136 Å². The van der Waals surface area contributed by atoms with Crippen molar-refractivity contribution in [2.24, 2.45) is 0 Å². The monoisotopic (exact) mass is 608 g/mol. The van der Waals surface area contributed by atoms with Crippen LogP contribution < -0.4 is 5.56 Å². The number of phenolic OH excluding ortho intramolecular Hbond substituents is 1. The average molecular weight is 609 g/mol. The van der Waals surface area contributed by atoms with Gasteiger partial charge in [-0.2, -0.15) is 13.2 Å². The predicted octanol–water partition coefficient (Wildman–Crippen LogP) is 5.04. The van der Waals surface area contributed by atoms with Gasteiger partial charge >= 0.3 is 12.1 Å². The van der Waals surface area contributed by atoms with Crippen molar-refractivity contribution in [3.05, 3.63) is 58.1 Å². The molecule has 0 atom stereocenters. The van der Waals surface area contributed by atoms with Gasteiger partial charge in [-0.25, -0.2) is 9.78 Å². The Morgan fingerprint density at radius 3 is 2.12 bits per heavy atom. The standard InChI is InChI=1S/C28H38N4O4.C2HF3O2/c1-17(2)31(18(3)4)10-11-32(19(5)6)28(35)20-8-9-23(22(12-20)15-36-7)21-13-24-26(25(33)14-21)29-16-30-27(24)34;3-2(4,5)1(6)7/h8-9,12-14,16-19,33H,10-11,15H2,1-7H3,(H,29,30,34);(H,6,7). The van der Waals surface area contributed by atoms with E-state index in [0.29, 0.717) is 35.1 Å². The van der Waals surface area contributed by atoms with Crippen LogP contribution in [0.15, 0.2) is 41.5 Å². The number of carboxylic acids is 1. The van der Waals surface area contributed by atoms with Crippen molar-refractivity contribution in [3.8, 4) is 16.9 Å². The Hall–Kier alpha value is -3.97. The molecule has 0 unspecified atom stereocenters. The number of halogens is 3. The third-order valence-electron chi connectivity index (χ3n) is 6.74. The van der Waals surface area contributed by atoms with E-state index in [4.69, 9.17) is 14.6 Å². The lowest BCUT2D eigenvalue weighted by molar-refractivity contribution is -0.192. The lowest BCUT2D eigenvalue weighted by atomic mass is 9.96. The van der Waals surface area contributed by atoms with Crippen LogP contribution in [0.25, 0.3) is 22.0 Å². The van der Waals surface area contributed by atoms with Crippen LogP contribution in [0.4, 0.5) is 13.2 Å². The van der Waals surface area contributed by atoms with E-state index >= 15 is 0 Å². The highest BCUT2D eigenvalue weighted by Gasteiger charge is 2.38. The van der Waals surface area contributed by atoms with Gasteiger partial charge in [0.25, 0.3) is 11.5 Å². The molecule has 43 heavy (non-hydrogen) atoms. The highest BCUT2D eigenvalue weighted by atomic mass is 19.4. The molecule has 1 aromatic heterocycles. The first kappa shape index (κ1) is 35.2. The van der Waals surface area contributed by atoms with Crippen molar-refractivity contribution in [3.63, 3.8) is 0 Å². The number of carbonyl (C=O) groups excluding carboxylic acids is 1. The Kier molecular flexibility index (Phi) is 12.3. The SMILES string of the molecule is COCc1cc(C(=O)N(CCN(C(C)C)C(C)C)C(C)C)ccc1-c1cc(O)c2nc[nH]c(=O)c2c1.O=C(O)C(F)(F)F. The van der Waals surface area contributed by atoms with Gasteiger partial charge < -0.3 is 24.8 Å². The number of alkyl halides is 3. The maximum absolute atomic E-state index is 13.6. The van der Waals surface area contributed by atoms with E-state index < -0.39 is 12.1 Å². The summed E-state index contributed by atoms with van der Waals surface area (Å²) in [5.41, 5.74) is 2.70. The quantitative estimate of drug-likeness (QED) is 0.291. The summed E-state index contributed by atoms with van der Waals surface area (Å²) in [6.45, 7) is 14.4. The fraction of sp³-hybridized carbons (Fsp3) is 0.467. The third-order valence-corrected chi connectivity index (χ3v) is 6.74. The first-order valence-corrected chi connectivity index (χ1v) is 13.7. The van der Waals surface area contributed by atoms with Crippen molar-refractivity contribution >= 4 is 22.8 Å². The van der Waals surface area contributed by atoms with Crippen LogP contribution in [0, 0.1) is 0 Å². The molecule has 0 spiro atoms. The van der Waals surface area contributed by atoms with Crippen molar-refractivity contribution in [2.45, 2.75) is 72.5 Å². The van der Waals surface area contributed by atoms with E-state index in [9.17, 15) is 27.9 Å². The molecule has 0 bridgehead atoms. The molecular formula is C30H39F3N4O6. The Balaban J connectivity index is 0.000000821. The number of carboxylic acid groups (broad SMARTS) is 1. The number of benzene rings is 2. The minimum atomic E-state index is -5.08. The number of aliphatic carboxylic acids is 1. The van der Waals surface area contributed by atoms with E-state index in [1.165, 1.54) is 6.33 Å². The molecule has 3 aromatic rings. The van der Waals surface area contributed by atoms with Gasteiger partial charge in [0.2, 0.25) is 0 Å². The van der Waals surface area contributed by atoms with Crippen molar-refractivity contribution in [1.82, 2.24) is 19.8 Å². The number of rotatable bonds is 10. The fourth-order valence-electron chi connectivity index (χ4n) is 4.70. The Labute approximate surface area is 248 Å². The van der Waals surface area contributed by atoms with Crippen molar-refractivity contribution in [2.75, 3.05) is 20.2 Å². The van der Waals surface area contributed by atoms with Crippen LogP contribution in [0.2, 0.25) is 0 Å². The average Bonchev–Trinajstić information content (AvgIpc) is 2.90. The zero-order chi connectivity index (χ0) is 32.6. The number of ether oxygens (including phenoxy) is 1. The molecule has 3 N–H and O–H groups in total. The van der Waals surface area contributed by atoms with Crippen LogP contribution >= 0.6 is 0 Å². The van der Waals surface area contributed by atoms with Crippen molar-refractivity contribution < 1.29 is 37.7 Å². The molecule has 10 nitrogen and oxygen atoms in total. The summed E-state index contributed by atoms with van der Waals surface area (Å²) >= 11 is 0. The summed E-state index contributed by atoms with van der Waals surface area (Å²) in [5, 5.41) is 17.9. The molecule has 0 fully saturated rings. The molecule has 0 aliphatic rings. The number of phenols is 1. The molecule has 1 heterocycles. The molecule has 2 aromatic carbocycles. The number of aromatic nitrogens is 2. The molecule has 236 valence electrons. The van der Waals surface area contributed by atoms with Gasteiger partial charge in [-0.15, -0.1) is 0 Å². The number of amides is 1. The smallest absolute Gasteiger partial charge is 0.490 e. The maximum atomic E-state index is 13.6.